The van der Waals surface area contributed by atoms with Gasteiger partial charge in [0.15, 0.2) is 0 Å². The molecule has 1 amide bonds. The standard InChI is InChI=1S/C12H16Br2N2O2/c1-3-4-9(15)12(17)16-10-6-11(18-2)8(14)5-7(10)13/h5-6,9H,3-4,15H2,1-2H3,(H,16,17)/t9-/m0/s1. The van der Waals surface area contributed by atoms with Crippen molar-refractivity contribution in [2.24, 2.45) is 5.73 Å². The molecule has 18 heavy (non-hydrogen) atoms. The summed E-state index contributed by atoms with van der Waals surface area (Å²) in [7, 11) is 1.57. The Morgan fingerprint density at radius 1 is 1.44 bits per heavy atom. The van der Waals surface area contributed by atoms with E-state index in [9.17, 15) is 4.79 Å². The molecule has 0 heterocycles. The van der Waals surface area contributed by atoms with Crippen LogP contribution in [0.1, 0.15) is 19.8 Å². The maximum atomic E-state index is 11.8. The van der Waals surface area contributed by atoms with Crippen LogP contribution < -0.4 is 15.8 Å². The van der Waals surface area contributed by atoms with Gasteiger partial charge in [0, 0.05) is 10.5 Å². The number of hydrogen-bond donors (Lipinski definition) is 2. The average molecular weight is 380 g/mol. The van der Waals surface area contributed by atoms with Crippen LogP contribution in [0.3, 0.4) is 0 Å². The number of halogens is 2. The first-order valence-corrected chi connectivity index (χ1v) is 7.17. The fourth-order valence-electron chi connectivity index (χ4n) is 1.45. The van der Waals surface area contributed by atoms with E-state index in [1.807, 2.05) is 13.0 Å². The van der Waals surface area contributed by atoms with Crippen LogP contribution >= 0.6 is 31.9 Å². The van der Waals surface area contributed by atoms with Crippen LogP contribution in [0, 0.1) is 0 Å². The number of carbonyl (C=O) groups excluding carboxylic acids is 1. The van der Waals surface area contributed by atoms with Gasteiger partial charge in [0.25, 0.3) is 0 Å². The van der Waals surface area contributed by atoms with Gasteiger partial charge in [-0.1, -0.05) is 13.3 Å². The lowest BCUT2D eigenvalue weighted by Gasteiger charge is -2.14. The molecule has 0 unspecified atom stereocenters. The highest BCUT2D eigenvalue weighted by atomic mass is 79.9. The number of ether oxygens (including phenoxy) is 1. The van der Waals surface area contributed by atoms with Crippen LogP contribution in [0.2, 0.25) is 0 Å². The molecule has 0 radical (unpaired) electrons. The Kier molecular flexibility index (Phi) is 6.11. The molecule has 0 bridgehead atoms. The molecule has 3 N–H and O–H groups in total. The van der Waals surface area contributed by atoms with Crippen LogP contribution in [0.15, 0.2) is 21.1 Å². The number of nitrogens with two attached hydrogens (primary N) is 1. The van der Waals surface area contributed by atoms with Crippen LogP contribution in [-0.2, 0) is 4.79 Å². The molecule has 100 valence electrons. The third-order valence-corrected chi connectivity index (χ3v) is 3.71. The number of nitrogens with one attached hydrogen (secondary N) is 1. The molecule has 0 saturated carbocycles. The summed E-state index contributed by atoms with van der Waals surface area (Å²) in [5.74, 6) is 0.458. The predicted octanol–water partition coefficient (Wildman–Crippen LogP) is 3.29. The first-order valence-electron chi connectivity index (χ1n) is 5.59. The van der Waals surface area contributed by atoms with Gasteiger partial charge in [0.2, 0.25) is 5.91 Å². The minimum absolute atomic E-state index is 0.193. The Bertz CT molecular complexity index is 438. The highest BCUT2D eigenvalue weighted by Gasteiger charge is 2.15. The summed E-state index contributed by atoms with van der Waals surface area (Å²) in [5, 5.41) is 2.79. The lowest BCUT2D eigenvalue weighted by atomic mass is 10.1. The van der Waals surface area contributed by atoms with Crippen molar-refractivity contribution < 1.29 is 9.53 Å². The smallest absolute Gasteiger partial charge is 0.241 e. The number of methoxy groups -OCH3 is 1. The quantitative estimate of drug-likeness (QED) is 0.824. The van der Waals surface area contributed by atoms with E-state index in [0.29, 0.717) is 17.9 Å². The Hall–Kier alpha value is -0.590. The van der Waals surface area contributed by atoms with Gasteiger partial charge in [-0.3, -0.25) is 4.79 Å². The van der Waals surface area contributed by atoms with E-state index in [-0.39, 0.29) is 5.91 Å². The highest BCUT2D eigenvalue weighted by molar-refractivity contribution is 9.11. The van der Waals surface area contributed by atoms with Crippen LogP contribution in [0.5, 0.6) is 5.75 Å². The summed E-state index contributed by atoms with van der Waals surface area (Å²) >= 11 is 6.76. The first kappa shape index (κ1) is 15.5. The fourth-order valence-corrected chi connectivity index (χ4v) is 2.70. The lowest BCUT2D eigenvalue weighted by Crippen LogP contribution is -2.35. The second kappa shape index (κ2) is 7.11. The zero-order chi connectivity index (χ0) is 13.7. The third-order valence-electron chi connectivity index (χ3n) is 2.44. The molecule has 0 aliphatic carbocycles. The first-order chi connectivity index (χ1) is 8.49. The van der Waals surface area contributed by atoms with Crippen molar-refractivity contribution in [1.82, 2.24) is 0 Å². The topological polar surface area (TPSA) is 64.4 Å². The highest BCUT2D eigenvalue weighted by Crippen LogP contribution is 2.34. The number of anilines is 1. The monoisotopic (exact) mass is 378 g/mol. The van der Waals surface area contributed by atoms with E-state index in [4.69, 9.17) is 10.5 Å². The summed E-state index contributed by atoms with van der Waals surface area (Å²) in [6.07, 6.45) is 1.54. The second-order valence-corrected chi connectivity index (χ2v) is 5.56. The molecule has 0 saturated heterocycles. The number of rotatable bonds is 5. The molecule has 4 nitrogen and oxygen atoms in total. The van der Waals surface area contributed by atoms with Crippen molar-refractivity contribution >= 4 is 43.5 Å². The van der Waals surface area contributed by atoms with E-state index < -0.39 is 6.04 Å². The molecule has 0 spiro atoms. The van der Waals surface area contributed by atoms with Gasteiger partial charge in [0.05, 0.1) is 23.3 Å². The molecular formula is C12H16Br2N2O2. The van der Waals surface area contributed by atoms with Crippen molar-refractivity contribution in [3.05, 3.63) is 21.1 Å². The van der Waals surface area contributed by atoms with Gasteiger partial charge in [0.1, 0.15) is 5.75 Å². The number of amides is 1. The zero-order valence-corrected chi connectivity index (χ0v) is 13.5. The normalized spacial score (nSPS) is 12.1. The zero-order valence-electron chi connectivity index (χ0n) is 10.3. The van der Waals surface area contributed by atoms with Crippen molar-refractivity contribution in [3.63, 3.8) is 0 Å². The molecule has 0 aliphatic heterocycles. The van der Waals surface area contributed by atoms with Crippen LogP contribution in [0.4, 0.5) is 5.69 Å². The summed E-state index contributed by atoms with van der Waals surface area (Å²) in [4.78, 5) is 11.8. The van der Waals surface area contributed by atoms with Gasteiger partial charge in [-0.2, -0.15) is 0 Å². The molecular weight excluding hydrogens is 364 g/mol. The maximum absolute atomic E-state index is 11.8. The molecule has 1 rings (SSSR count). The molecule has 0 aromatic heterocycles. The predicted molar refractivity (Wildman–Crippen MR) is 79.9 cm³/mol. The maximum Gasteiger partial charge on any atom is 0.241 e. The van der Waals surface area contributed by atoms with Crippen LogP contribution in [-0.4, -0.2) is 19.1 Å². The minimum atomic E-state index is -0.489. The molecule has 6 heteroatoms. The van der Waals surface area contributed by atoms with E-state index in [0.717, 1.165) is 15.4 Å². The van der Waals surface area contributed by atoms with E-state index in [1.165, 1.54) is 0 Å². The molecule has 1 atom stereocenters. The summed E-state index contributed by atoms with van der Waals surface area (Å²) in [6.45, 7) is 1.99. The Labute approximate surface area is 124 Å². The third kappa shape index (κ3) is 3.96. The molecule has 0 fully saturated rings. The lowest BCUT2D eigenvalue weighted by molar-refractivity contribution is -0.117. The minimum Gasteiger partial charge on any atom is -0.495 e. The number of benzene rings is 1. The van der Waals surface area contributed by atoms with Crippen molar-refractivity contribution in [3.8, 4) is 5.75 Å². The van der Waals surface area contributed by atoms with E-state index >= 15 is 0 Å². The Morgan fingerprint density at radius 2 is 2.11 bits per heavy atom. The van der Waals surface area contributed by atoms with Gasteiger partial charge in [-0.05, 0) is 44.3 Å². The fraction of sp³-hybridized carbons (Fsp3) is 0.417. The average Bonchev–Trinajstić information content (AvgIpc) is 2.32. The molecule has 1 aromatic rings. The van der Waals surface area contributed by atoms with Crippen molar-refractivity contribution in [1.29, 1.82) is 0 Å². The summed E-state index contributed by atoms with van der Waals surface area (Å²) in [6, 6.07) is 3.07. The van der Waals surface area contributed by atoms with Gasteiger partial charge >= 0.3 is 0 Å². The van der Waals surface area contributed by atoms with Crippen LogP contribution in [0.25, 0.3) is 0 Å². The van der Waals surface area contributed by atoms with Gasteiger partial charge in [-0.15, -0.1) is 0 Å². The van der Waals surface area contributed by atoms with E-state index in [2.05, 4.69) is 37.2 Å². The molecule has 0 aliphatic rings. The van der Waals surface area contributed by atoms with Crippen molar-refractivity contribution in [2.75, 3.05) is 12.4 Å². The summed E-state index contributed by atoms with van der Waals surface area (Å²) in [5.41, 5.74) is 6.40. The number of carbonyl (C=O) groups is 1. The SMILES string of the molecule is CCC[C@H](N)C(=O)Nc1cc(OC)c(Br)cc1Br. The molecule has 1 aromatic carbocycles. The number of hydrogen-bond acceptors (Lipinski definition) is 3. The van der Waals surface area contributed by atoms with Crippen molar-refractivity contribution in [2.45, 2.75) is 25.8 Å². The Morgan fingerprint density at radius 3 is 2.67 bits per heavy atom. The largest absolute Gasteiger partial charge is 0.495 e. The summed E-state index contributed by atoms with van der Waals surface area (Å²) < 4.78 is 6.76. The second-order valence-electron chi connectivity index (χ2n) is 3.85. The van der Waals surface area contributed by atoms with Gasteiger partial charge in [-0.25, -0.2) is 0 Å². The van der Waals surface area contributed by atoms with E-state index in [1.54, 1.807) is 13.2 Å². The Balaban J connectivity index is 2.87. The van der Waals surface area contributed by atoms with Gasteiger partial charge < -0.3 is 15.8 Å².